The first-order chi connectivity index (χ1) is 37.5. The second-order valence-corrected chi connectivity index (χ2v) is 23.5. The number of para-hydroxylation sites is 1. The number of anilines is 6. The van der Waals surface area contributed by atoms with Gasteiger partial charge < -0.3 is 41.2 Å². The van der Waals surface area contributed by atoms with Crippen LogP contribution >= 0.6 is 0 Å². The van der Waals surface area contributed by atoms with Crippen molar-refractivity contribution in [3.05, 3.63) is 78.4 Å². The van der Waals surface area contributed by atoms with Crippen LogP contribution < -0.4 is 31.7 Å². The Hall–Kier alpha value is -5.98. The molecule has 4 aliphatic carbocycles. The van der Waals surface area contributed by atoms with Gasteiger partial charge in [-0.2, -0.15) is 20.2 Å². The monoisotopic (exact) mass is 1060 g/mol. The molecule has 77 heavy (non-hydrogen) atoms. The number of nitrogens with one attached hydrogen (secondary N) is 6. The Kier molecular flexibility index (Phi) is 20.0. The molecule has 1 aromatic carbocycles. The number of hydrogen-bond donors (Lipinski definition) is 7. The smallest absolute Gasteiger partial charge is 0.311 e. The molecule has 2 aliphatic heterocycles. The van der Waals surface area contributed by atoms with Gasteiger partial charge >= 0.3 is 5.97 Å². The zero-order chi connectivity index (χ0) is 53.3. The zero-order valence-corrected chi connectivity index (χ0v) is 45.7. The number of H-pyrrole nitrogens is 2. The van der Waals surface area contributed by atoms with E-state index in [2.05, 4.69) is 87.6 Å². The molecule has 4 saturated carbocycles. The molecule has 5 aromatic rings. The maximum absolute atomic E-state index is 12.7. The molecule has 18 heteroatoms. The SMILES string of the molecule is CC1(CC(=O)CC2CCC(Nc3nccc(Nc4cc(C5CCCC5)[nH]n4)n3)CC2)CCOCC1.CC1(N)CCOCC1.O=C(CC1CCC(Nc2nccc(Nc3cc(C4CCCC4)[nH]n3)n2)CC1)Oc1ccccc1. The molecule has 6 heterocycles. The fourth-order valence-corrected chi connectivity index (χ4v) is 12.0. The van der Waals surface area contributed by atoms with Crippen molar-refractivity contribution in [2.45, 2.75) is 191 Å². The number of rotatable bonds is 17. The van der Waals surface area contributed by atoms with Gasteiger partial charge in [0, 0.05) is 111 Å². The number of carbonyl (C=O) groups is 2. The van der Waals surface area contributed by atoms with E-state index in [1.165, 1.54) is 62.8 Å². The summed E-state index contributed by atoms with van der Waals surface area (Å²) in [6.45, 7) is 7.60. The first kappa shape index (κ1) is 55.8. The van der Waals surface area contributed by atoms with Crippen LogP contribution in [0.5, 0.6) is 5.75 Å². The lowest BCUT2D eigenvalue weighted by atomic mass is 9.75. The summed E-state index contributed by atoms with van der Waals surface area (Å²) < 4.78 is 16.0. The molecule has 8 N–H and O–H groups in total. The van der Waals surface area contributed by atoms with Gasteiger partial charge in [0.2, 0.25) is 11.9 Å². The number of nitrogens with two attached hydrogens (primary N) is 1. The Bertz CT molecular complexity index is 2570. The van der Waals surface area contributed by atoms with Gasteiger partial charge in [-0.05, 0) is 151 Å². The van der Waals surface area contributed by atoms with Gasteiger partial charge in [-0.15, -0.1) is 0 Å². The highest BCUT2D eigenvalue weighted by Crippen LogP contribution is 2.38. The number of hydrogen-bond acceptors (Lipinski definition) is 16. The summed E-state index contributed by atoms with van der Waals surface area (Å²) in [4.78, 5) is 43.1. The van der Waals surface area contributed by atoms with E-state index < -0.39 is 0 Å². The molecule has 4 aromatic heterocycles. The van der Waals surface area contributed by atoms with Crippen molar-refractivity contribution in [3.8, 4) is 5.75 Å². The Morgan fingerprint density at radius 3 is 1.55 bits per heavy atom. The highest BCUT2D eigenvalue weighted by Gasteiger charge is 2.32. The lowest BCUT2D eigenvalue weighted by Crippen LogP contribution is -2.41. The van der Waals surface area contributed by atoms with Gasteiger partial charge in [-0.1, -0.05) is 50.8 Å². The van der Waals surface area contributed by atoms with E-state index in [4.69, 9.17) is 19.9 Å². The summed E-state index contributed by atoms with van der Waals surface area (Å²) in [7, 11) is 0. The normalized spacial score (nSPS) is 23.3. The number of ketones is 1. The van der Waals surface area contributed by atoms with Gasteiger partial charge in [-0.25, -0.2) is 9.97 Å². The second-order valence-electron chi connectivity index (χ2n) is 23.5. The fourth-order valence-electron chi connectivity index (χ4n) is 12.0. The predicted molar refractivity (Wildman–Crippen MR) is 301 cm³/mol. The number of benzene rings is 1. The molecule has 0 amide bonds. The van der Waals surface area contributed by atoms with Gasteiger partial charge in [0.15, 0.2) is 11.6 Å². The average molecular weight is 1060 g/mol. The number of ether oxygens (including phenoxy) is 3. The van der Waals surface area contributed by atoms with E-state index in [0.29, 0.717) is 72.0 Å². The van der Waals surface area contributed by atoms with Crippen LogP contribution in [0.4, 0.5) is 35.2 Å². The highest BCUT2D eigenvalue weighted by atomic mass is 16.5. The van der Waals surface area contributed by atoms with E-state index in [1.54, 1.807) is 12.4 Å². The minimum Gasteiger partial charge on any atom is -0.427 e. The quantitative estimate of drug-likeness (QED) is 0.0338. The van der Waals surface area contributed by atoms with Crippen molar-refractivity contribution in [1.82, 2.24) is 40.3 Å². The van der Waals surface area contributed by atoms with Crippen LogP contribution in [0.1, 0.15) is 185 Å². The van der Waals surface area contributed by atoms with Gasteiger partial charge in [0.05, 0.1) is 0 Å². The number of aromatic amines is 2. The van der Waals surface area contributed by atoms with Crippen LogP contribution in [-0.4, -0.2) is 96.1 Å². The van der Waals surface area contributed by atoms with Crippen molar-refractivity contribution in [3.63, 3.8) is 0 Å². The molecule has 2 saturated heterocycles. The minimum absolute atomic E-state index is 0.0538. The minimum atomic E-state index is -0.154. The van der Waals surface area contributed by atoms with Crippen molar-refractivity contribution in [2.24, 2.45) is 23.0 Å². The van der Waals surface area contributed by atoms with Crippen molar-refractivity contribution in [2.75, 3.05) is 47.7 Å². The number of carbonyl (C=O) groups excluding carboxylic acids is 2. The van der Waals surface area contributed by atoms with Crippen molar-refractivity contribution < 1.29 is 23.8 Å². The Labute approximate surface area is 455 Å². The largest absolute Gasteiger partial charge is 0.427 e. The molecule has 0 unspecified atom stereocenters. The lowest BCUT2D eigenvalue weighted by Gasteiger charge is -2.34. The number of Topliss-reactive ketones (excluding diaryl/α,β-unsaturated/α-hetero) is 1. The van der Waals surface area contributed by atoms with Crippen LogP contribution in [0.3, 0.4) is 0 Å². The van der Waals surface area contributed by atoms with Crippen LogP contribution in [-0.2, 0) is 19.1 Å². The number of esters is 1. The first-order valence-electron chi connectivity index (χ1n) is 29.0. The third-order valence-corrected chi connectivity index (χ3v) is 16.9. The van der Waals surface area contributed by atoms with Gasteiger partial charge in [-0.3, -0.25) is 19.8 Å². The maximum atomic E-state index is 12.7. The Morgan fingerprint density at radius 1 is 0.610 bits per heavy atom. The number of nitrogens with zero attached hydrogens (tertiary/aromatic N) is 6. The summed E-state index contributed by atoms with van der Waals surface area (Å²) in [5.41, 5.74) is 8.41. The molecule has 0 spiro atoms. The molecule has 416 valence electrons. The lowest BCUT2D eigenvalue weighted by molar-refractivity contribution is -0.135. The number of aromatic nitrogens is 8. The maximum Gasteiger partial charge on any atom is 0.311 e. The van der Waals surface area contributed by atoms with Crippen molar-refractivity contribution in [1.29, 1.82) is 0 Å². The molecular weight excluding hydrogens is 971 g/mol. The Balaban J connectivity index is 0.000000164. The molecule has 6 aliphatic rings. The van der Waals surface area contributed by atoms with Gasteiger partial charge in [0.25, 0.3) is 0 Å². The molecular formula is C59H85N13O5. The summed E-state index contributed by atoms with van der Waals surface area (Å²) in [6, 6.07) is 17.8. The molecule has 0 atom stereocenters. The predicted octanol–water partition coefficient (Wildman–Crippen LogP) is 11.8. The Morgan fingerprint density at radius 2 is 1.08 bits per heavy atom. The third-order valence-electron chi connectivity index (χ3n) is 16.9. The van der Waals surface area contributed by atoms with Crippen LogP contribution in [0.25, 0.3) is 0 Å². The third kappa shape index (κ3) is 17.8. The molecule has 18 nitrogen and oxygen atoms in total. The van der Waals surface area contributed by atoms with Crippen LogP contribution in [0, 0.1) is 17.3 Å². The standard InChI is InChI=1S/C27H40N6O2.C26H32N6O2.C6H13NO/c1-27(11-14-35-15-12-27)18-22(34)16-19-6-8-21(9-7-19)29-26-28-13-10-24(31-26)30-25-17-23(32-33-25)20-4-2-3-5-20;33-25(34-21-8-2-1-3-9-21)16-18-10-12-20(13-11-18)28-26-27-15-14-23(30-26)29-24-17-22(31-32-24)19-6-4-5-7-19;1-6(7)2-4-8-5-3-6/h10,13,17,19-21H,2-9,11-12,14-16,18H2,1H3,(H3,28,29,30,31,32,33);1-3,8-9,14-15,17-20H,4-7,10-13,16H2,(H3,27,28,29,30,31,32);2-5,7H2,1H3. The van der Waals surface area contributed by atoms with E-state index >= 15 is 0 Å². The summed E-state index contributed by atoms with van der Waals surface area (Å²) >= 11 is 0. The van der Waals surface area contributed by atoms with Crippen molar-refractivity contribution >= 4 is 46.9 Å². The summed E-state index contributed by atoms with van der Waals surface area (Å²) in [5.74, 6) is 7.27. The average Bonchev–Trinajstić information content (AvgIpc) is 4.29. The first-order valence-corrected chi connectivity index (χ1v) is 29.0. The fraction of sp³-hybridized carbons (Fsp3) is 0.627. The van der Waals surface area contributed by atoms with E-state index in [9.17, 15) is 9.59 Å². The molecule has 0 bridgehead atoms. The molecule has 0 radical (unpaired) electrons. The summed E-state index contributed by atoms with van der Waals surface area (Å²) in [5, 5.41) is 28.8. The molecule has 6 fully saturated rings. The zero-order valence-electron chi connectivity index (χ0n) is 45.7. The van der Waals surface area contributed by atoms with Crippen LogP contribution in [0.2, 0.25) is 0 Å². The van der Waals surface area contributed by atoms with Crippen LogP contribution in [0.15, 0.2) is 67.0 Å². The highest BCUT2D eigenvalue weighted by molar-refractivity contribution is 5.79. The topological polar surface area (TPSA) is 245 Å². The van der Waals surface area contributed by atoms with E-state index in [-0.39, 0.29) is 16.9 Å². The van der Waals surface area contributed by atoms with E-state index in [1.807, 2.05) is 42.5 Å². The summed E-state index contributed by atoms with van der Waals surface area (Å²) in [6.07, 6.45) is 27.8. The van der Waals surface area contributed by atoms with Gasteiger partial charge in [0.1, 0.15) is 23.2 Å². The molecule has 11 rings (SSSR count). The second kappa shape index (κ2) is 27.6. The van der Waals surface area contributed by atoms with E-state index in [0.717, 1.165) is 133 Å².